The van der Waals surface area contributed by atoms with Gasteiger partial charge in [-0.15, -0.1) is 0 Å². The van der Waals surface area contributed by atoms with Gasteiger partial charge in [0, 0.05) is 0 Å². The highest BCUT2D eigenvalue weighted by molar-refractivity contribution is 7.37. The van der Waals surface area contributed by atoms with Crippen LogP contribution in [0.1, 0.15) is 0 Å². The third-order valence-corrected chi connectivity index (χ3v) is 2.89. The van der Waals surface area contributed by atoms with Crippen molar-refractivity contribution in [3.05, 3.63) is 0 Å². The minimum Gasteiger partial charge on any atom is -1.00 e. The van der Waals surface area contributed by atoms with Gasteiger partial charge in [-0.25, -0.2) is 17.6 Å². The molecule has 0 aliphatic heterocycles. The zero-order valence-electron chi connectivity index (χ0n) is 14.4. The van der Waals surface area contributed by atoms with E-state index in [9.17, 15) is 96.6 Å². The monoisotopic (exact) mass is 702 g/mol. The lowest BCUT2D eigenvalue weighted by molar-refractivity contribution is -0.408. The van der Waals surface area contributed by atoms with E-state index in [2.05, 4.69) is 0 Å². The first-order chi connectivity index (χ1) is 13.4. The first kappa shape index (κ1) is 40.7. The van der Waals surface area contributed by atoms with Gasteiger partial charge < -0.3 is 24.0 Å². The van der Waals surface area contributed by atoms with Crippen LogP contribution < -0.4 is 24.0 Å². The first-order valence-corrected chi connectivity index (χ1v) is 6.35. The van der Waals surface area contributed by atoms with Gasteiger partial charge in [0.05, 0.1) is 0 Å². The molecule has 34 heavy (non-hydrogen) atoms. The fourth-order valence-electron chi connectivity index (χ4n) is 1.05. The van der Waals surface area contributed by atoms with Gasteiger partial charge in [0.15, 0.2) is 0 Å². The van der Waals surface area contributed by atoms with Crippen molar-refractivity contribution in [2.45, 2.75) is 60.7 Å². The van der Waals surface area contributed by atoms with Crippen molar-refractivity contribution >= 4 is 13.5 Å². The molecule has 0 aromatic rings. The molecule has 0 bridgehead atoms. The molecule has 0 nitrogen and oxygen atoms in total. The molecular weight excluding hydrogens is 697 g/mol. The summed E-state index contributed by atoms with van der Waals surface area (Å²) < 4.78 is 256. The topological polar surface area (TPSA) is 0 Å². The average Bonchev–Trinajstić information content (AvgIpc) is 2.52. The molecule has 0 unspecified atom stereocenters. The summed E-state index contributed by atoms with van der Waals surface area (Å²) in [6.45, 7) is 0. The van der Waals surface area contributed by atoms with E-state index < -0.39 is 60.7 Å². The predicted octanol–water partition coefficient (Wildman–Crippen LogP) is 3.64. The summed E-state index contributed by atoms with van der Waals surface area (Å²) in [4.78, 5) is 0. The van der Waals surface area contributed by atoms with Crippen LogP contribution in [0.25, 0.3) is 0 Å². The second-order valence-corrected chi connectivity index (χ2v) is 5.14. The molecule has 212 valence electrons. The predicted molar refractivity (Wildman–Crippen MR) is 65.3 cm³/mol. The number of rotatable bonds is 6. The van der Waals surface area contributed by atoms with Crippen molar-refractivity contribution < 1.29 is 121 Å². The van der Waals surface area contributed by atoms with Gasteiger partial charge in [-0.2, -0.15) is 79.0 Å². The van der Waals surface area contributed by atoms with E-state index in [0.717, 1.165) is 0 Å². The van der Waals surface area contributed by atoms with Crippen LogP contribution in [0.2, 0.25) is 0 Å². The lowest BCUT2D eigenvalue weighted by Gasteiger charge is -2.32. The lowest BCUT2D eigenvalue weighted by Crippen LogP contribution is -3.00. The summed E-state index contributed by atoms with van der Waals surface area (Å²) in [6, 6.07) is 0. The van der Waals surface area contributed by atoms with Crippen LogP contribution in [0.4, 0.5) is 96.6 Å². The van der Waals surface area contributed by atoms with E-state index in [1.165, 1.54) is 0 Å². The van der Waals surface area contributed by atoms with Crippen LogP contribution >= 0.6 is 0 Å². The number of hydrogen-bond donors (Lipinski definition) is 0. The first-order valence-electron chi connectivity index (χ1n) is 6.35. The van der Waals surface area contributed by atoms with Crippen LogP contribution in [-0.4, -0.2) is 60.7 Å². The normalized spacial score (nSPS) is 14.8. The van der Waals surface area contributed by atoms with Crippen LogP contribution in [0.5, 0.6) is 0 Å². The summed E-state index contributed by atoms with van der Waals surface area (Å²) in [6.07, 6.45) is -24.9. The minimum absolute atomic E-state index is 0. The number of halogens is 23. The van der Waals surface area contributed by atoms with Gasteiger partial charge in [-0.3, -0.25) is 0 Å². The zero-order valence-corrected chi connectivity index (χ0v) is 17.7. The molecule has 0 aliphatic carbocycles. The molecule has 0 fully saturated rings. The van der Waals surface area contributed by atoms with E-state index in [4.69, 9.17) is 0 Å². The van der Waals surface area contributed by atoms with Gasteiger partial charge >= 0.3 is 60.7 Å². The molecule has 0 amide bonds. The molecule has 0 atom stereocenters. The molecule has 0 aliphatic rings. The van der Waals surface area contributed by atoms with Crippen LogP contribution in [0.3, 0.4) is 0 Å². The number of hydrogen-bond acceptors (Lipinski definition) is 0. The van der Waals surface area contributed by atoms with Crippen LogP contribution in [-0.2, 0) is 13.5 Å². The SMILES string of the molecule is FC(F)C(F)(F)C(F)(F)C(F)(F)C(F)(F)F.FC(F)C(F)(F)C(F)(F)C(F)(F)C(F)(F)F.[I-].[SH3+]. The van der Waals surface area contributed by atoms with Crippen molar-refractivity contribution in [3.8, 4) is 0 Å². The third kappa shape index (κ3) is 6.85. The molecule has 0 aromatic carbocycles. The van der Waals surface area contributed by atoms with Crippen LogP contribution in [0, 0.1) is 0 Å². The van der Waals surface area contributed by atoms with Crippen molar-refractivity contribution in [2.75, 3.05) is 0 Å². The Morgan fingerprint density at radius 3 is 0.559 bits per heavy atom. The smallest absolute Gasteiger partial charge is 0.460 e. The highest BCUT2D eigenvalue weighted by Gasteiger charge is 2.85. The third-order valence-electron chi connectivity index (χ3n) is 2.89. The standard InChI is InChI=1S/2C5HF11.HI.H2S/c2*6-1(7)2(8,9)3(10,11)4(12,13)5(14,15)16;;/h2*1H;1H;1H2. The van der Waals surface area contributed by atoms with Crippen molar-refractivity contribution in [1.29, 1.82) is 0 Å². The maximum absolute atomic E-state index is 12.0. The van der Waals surface area contributed by atoms with Gasteiger partial charge in [0.2, 0.25) is 0 Å². The zero-order chi connectivity index (χ0) is 27.2. The van der Waals surface area contributed by atoms with Gasteiger partial charge in [0.25, 0.3) is 0 Å². The Balaban J connectivity index is -0.000000250. The summed E-state index contributed by atoms with van der Waals surface area (Å²) >= 11 is 0. The Bertz CT molecular complexity index is 562. The second kappa shape index (κ2) is 11.3. The van der Waals surface area contributed by atoms with Crippen molar-refractivity contribution in [1.82, 2.24) is 0 Å². The quantitative estimate of drug-likeness (QED) is 0.226. The van der Waals surface area contributed by atoms with Crippen LogP contribution in [0.15, 0.2) is 0 Å². The fourth-order valence-corrected chi connectivity index (χ4v) is 1.05. The molecule has 0 saturated carbocycles. The van der Waals surface area contributed by atoms with Crippen molar-refractivity contribution in [2.24, 2.45) is 0 Å². The second-order valence-electron chi connectivity index (χ2n) is 5.14. The lowest BCUT2D eigenvalue weighted by atomic mass is 10.0. The summed E-state index contributed by atoms with van der Waals surface area (Å²) in [5.41, 5.74) is 0. The fraction of sp³-hybridized carbons (Fsp3) is 1.00. The summed E-state index contributed by atoms with van der Waals surface area (Å²) in [5, 5.41) is 0. The maximum Gasteiger partial charge on any atom is 0.460 e. The molecule has 0 rings (SSSR count). The average molecular weight is 702 g/mol. The van der Waals surface area contributed by atoms with Gasteiger partial charge in [-0.05, 0) is 0 Å². The molecule has 0 saturated heterocycles. The Morgan fingerprint density at radius 2 is 0.471 bits per heavy atom. The Labute approximate surface area is 195 Å². The van der Waals surface area contributed by atoms with E-state index in [1.54, 1.807) is 0 Å². The van der Waals surface area contributed by atoms with E-state index in [1.807, 2.05) is 0 Å². The molecule has 0 spiro atoms. The van der Waals surface area contributed by atoms with E-state index in [-0.39, 0.29) is 37.5 Å². The van der Waals surface area contributed by atoms with E-state index in [0.29, 0.717) is 0 Å². The van der Waals surface area contributed by atoms with Crippen molar-refractivity contribution in [3.63, 3.8) is 0 Å². The summed E-state index contributed by atoms with van der Waals surface area (Å²) in [7, 11) is 0. The Hall–Kier alpha value is -0.460. The highest BCUT2D eigenvalue weighted by atomic mass is 127. The highest BCUT2D eigenvalue weighted by Crippen LogP contribution is 2.55. The molecule has 24 heteroatoms. The Morgan fingerprint density at radius 1 is 0.324 bits per heavy atom. The maximum atomic E-state index is 12.0. The molecule has 0 N–H and O–H groups in total. The molecule has 0 aromatic heterocycles. The molecule has 0 radical (unpaired) electrons. The Kier molecular flexibility index (Phi) is 13.5. The number of alkyl halides is 22. The largest absolute Gasteiger partial charge is 1.00 e. The summed E-state index contributed by atoms with van der Waals surface area (Å²) in [5.74, 6) is -42.6. The van der Waals surface area contributed by atoms with E-state index >= 15 is 0 Å². The molecular formula is C10H5F22IS. The van der Waals surface area contributed by atoms with Gasteiger partial charge in [-0.1, -0.05) is 13.5 Å². The molecule has 0 heterocycles. The minimum atomic E-state index is -7.26. The van der Waals surface area contributed by atoms with Gasteiger partial charge in [0.1, 0.15) is 0 Å².